The molecule has 1 amide bonds. The molecule has 6 nitrogen and oxygen atoms in total. The van der Waals surface area contributed by atoms with E-state index in [1.54, 1.807) is 0 Å². The zero-order chi connectivity index (χ0) is 19.0. The van der Waals surface area contributed by atoms with Gasteiger partial charge in [0.2, 0.25) is 0 Å². The lowest BCUT2D eigenvalue weighted by atomic mass is 9.76. The Morgan fingerprint density at radius 1 is 1.30 bits per heavy atom. The van der Waals surface area contributed by atoms with Crippen LogP contribution in [-0.2, 0) is 11.8 Å². The van der Waals surface area contributed by atoms with Crippen LogP contribution >= 0.6 is 0 Å². The van der Waals surface area contributed by atoms with Crippen LogP contribution in [0.3, 0.4) is 0 Å². The van der Waals surface area contributed by atoms with E-state index in [9.17, 15) is 9.59 Å². The molecule has 142 valence electrons. The van der Waals surface area contributed by atoms with Crippen LogP contribution in [0.2, 0.25) is 0 Å². The number of rotatable bonds is 3. The van der Waals surface area contributed by atoms with Crippen LogP contribution in [0.5, 0.6) is 5.75 Å². The van der Waals surface area contributed by atoms with E-state index in [1.165, 1.54) is 0 Å². The van der Waals surface area contributed by atoms with Crippen molar-refractivity contribution in [2.75, 3.05) is 19.7 Å². The second-order valence-electron chi connectivity index (χ2n) is 7.51. The number of fused-ring (bicyclic) bond motifs is 2. The van der Waals surface area contributed by atoms with Gasteiger partial charge in [-0.25, -0.2) is 4.98 Å². The van der Waals surface area contributed by atoms with E-state index < -0.39 is 0 Å². The van der Waals surface area contributed by atoms with Gasteiger partial charge >= 0.3 is 0 Å². The standard InChI is InChI=1S/C21H25N3O3/c1-3-27-16-6-4-5-15(13-16)20(26)24-11-9-21(10-12-24)8-7-17-18(21)22-14(2)23-19(17)25/h4-6,13H,3,7-12H2,1-2H3,(H,22,23,25). The maximum absolute atomic E-state index is 12.9. The van der Waals surface area contributed by atoms with E-state index in [2.05, 4.69) is 9.97 Å². The van der Waals surface area contributed by atoms with Crippen molar-refractivity contribution in [2.24, 2.45) is 0 Å². The third-order valence-corrected chi connectivity index (χ3v) is 5.89. The molecule has 6 heteroatoms. The van der Waals surface area contributed by atoms with Gasteiger partial charge < -0.3 is 14.6 Å². The molecule has 0 unspecified atom stereocenters. The van der Waals surface area contributed by atoms with Crippen molar-refractivity contribution in [3.63, 3.8) is 0 Å². The Labute approximate surface area is 158 Å². The van der Waals surface area contributed by atoms with Crippen LogP contribution in [0.4, 0.5) is 0 Å². The lowest BCUT2D eigenvalue weighted by Crippen LogP contribution is -2.44. The van der Waals surface area contributed by atoms with Crippen LogP contribution < -0.4 is 10.3 Å². The van der Waals surface area contributed by atoms with E-state index in [1.807, 2.05) is 43.0 Å². The minimum absolute atomic E-state index is 0.000574. The number of hydrogen-bond donors (Lipinski definition) is 1. The molecule has 1 aliphatic heterocycles. The number of ether oxygens (including phenoxy) is 1. The summed E-state index contributed by atoms with van der Waals surface area (Å²) in [7, 11) is 0. The van der Waals surface area contributed by atoms with Gasteiger partial charge in [0.05, 0.1) is 12.3 Å². The second-order valence-corrected chi connectivity index (χ2v) is 7.51. The lowest BCUT2D eigenvalue weighted by Gasteiger charge is -2.39. The Kier molecular flexibility index (Phi) is 4.50. The molecule has 0 bridgehead atoms. The highest BCUT2D eigenvalue weighted by Gasteiger charge is 2.44. The third-order valence-electron chi connectivity index (χ3n) is 5.89. The summed E-state index contributed by atoms with van der Waals surface area (Å²) in [5, 5.41) is 0. The fourth-order valence-electron chi connectivity index (χ4n) is 4.46. The summed E-state index contributed by atoms with van der Waals surface area (Å²) < 4.78 is 5.51. The van der Waals surface area contributed by atoms with Gasteiger partial charge in [-0.1, -0.05) is 6.07 Å². The van der Waals surface area contributed by atoms with Crippen LogP contribution in [-0.4, -0.2) is 40.5 Å². The number of hydrogen-bond acceptors (Lipinski definition) is 4. The number of amides is 1. The first-order valence-corrected chi connectivity index (χ1v) is 9.65. The molecular formula is C21H25N3O3. The zero-order valence-electron chi connectivity index (χ0n) is 15.9. The summed E-state index contributed by atoms with van der Waals surface area (Å²) in [6, 6.07) is 7.37. The van der Waals surface area contributed by atoms with Crippen molar-refractivity contribution in [2.45, 2.75) is 44.9 Å². The molecular weight excluding hydrogens is 342 g/mol. The fraction of sp³-hybridized carbons (Fsp3) is 0.476. The van der Waals surface area contributed by atoms with Crippen LogP contribution in [0.1, 0.15) is 53.6 Å². The quantitative estimate of drug-likeness (QED) is 0.905. The topological polar surface area (TPSA) is 75.3 Å². The number of aromatic nitrogens is 2. The summed E-state index contributed by atoms with van der Waals surface area (Å²) in [5.41, 5.74) is 2.41. The molecule has 0 radical (unpaired) electrons. The number of benzene rings is 1. The Hall–Kier alpha value is -2.63. The van der Waals surface area contributed by atoms with Crippen molar-refractivity contribution >= 4 is 5.91 Å². The largest absolute Gasteiger partial charge is 0.494 e. The third kappa shape index (κ3) is 3.13. The highest BCUT2D eigenvalue weighted by atomic mass is 16.5. The van der Waals surface area contributed by atoms with Gasteiger partial charge in [-0.15, -0.1) is 0 Å². The molecule has 1 aromatic carbocycles. The smallest absolute Gasteiger partial charge is 0.254 e. The highest BCUT2D eigenvalue weighted by Crippen LogP contribution is 2.44. The second kappa shape index (κ2) is 6.83. The summed E-state index contributed by atoms with van der Waals surface area (Å²) in [5.74, 6) is 1.44. The van der Waals surface area contributed by atoms with Crippen molar-refractivity contribution in [3.05, 3.63) is 57.3 Å². The Balaban J connectivity index is 1.51. The Morgan fingerprint density at radius 2 is 2.07 bits per heavy atom. The molecule has 1 aliphatic carbocycles. The molecule has 1 N–H and O–H groups in total. The summed E-state index contributed by atoms with van der Waals surface area (Å²) in [6.45, 7) is 5.71. The van der Waals surface area contributed by atoms with Gasteiger partial charge in [0.15, 0.2) is 0 Å². The minimum Gasteiger partial charge on any atom is -0.494 e. The predicted molar refractivity (Wildman–Crippen MR) is 102 cm³/mol. The number of piperidine rings is 1. The molecule has 1 aromatic heterocycles. The molecule has 1 spiro atoms. The van der Waals surface area contributed by atoms with Gasteiger partial charge in [-0.3, -0.25) is 9.59 Å². The van der Waals surface area contributed by atoms with Gasteiger partial charge in [0.1, 0.15) is 11.6 Å². The fourth-order valence-corrected chi connectivity index (χ4v) is 4.46. The molecule has 27 heavy (non-hydrogen) atoms. The van der Waals surface area contributed by atoms with Gasteiger partial charge in [-0.2, -0.15) is 0 Å². The monoisotopic (exact) mass is 367 g/mol. The molecule has 0 atom stereocenters. The molecule has 4 rings (SSSR count). The molecule has 1 saturated heterocycles. The maximum Gasteiger partial charge on any atom is 0.254 e. The normalized spacial score (nSPS) is 17.8. The number of carbonyl (C=O) groups excluding carboxylic acids is 1. The predicted octanol–water partition coefficient (Wildman–Crippen LogP) is 2.60. The van der Waals surface area contributed by atoms with Crippen molar-refractivity contribution in [1.29, 1.82) is 0 Å². The Morgan fingerprint density at radius 3 is 2.81 bits per heavy atom. The first-order chi connectivity index (χ1) is 13.0. The zero-order valence-corrected chi connectivity index (χ0v) is 15.9. The number of aryl methyl sites for hydroxylation is 1. The number of H-pyrrole nitrogens is 1. The molecule has 2 heterocycles. The van der Waals surface area contributed by atoms with Crippen molar-refractivity contribution < 1.29 is 9.53 Å². The number of likely N-dealkylation sites (tertiary alicyclic amines) is 1. The van der Waals surface area contributed by atoms with Gasteiger partial charge in [-0.05, 0) is 57.7 Å². The van der Waals surface area contributed by atoms with Gasteiger partial charge in [0, 0.05) is 29.6 Å². The van der Waals surface area contributed by atoms with E-state index in [-0.39, 0.29) is 16.9 Å². The number of aromatic amines is 1. The maximum atomic E-state index is 12.9. The van der Waals surface area contributed by atoms with Crippen LogP contribution in [0.15, 0.2) is 29.1 Å². The van der Waals surface area contributed by atoms with E-state index in [0.717, 1.165) is 42.7 Å². The molecule has 2 aromatic rings. The van der Waals surface area contributed by atoms with Gasteiger partial charge in [0.25, 0.3) is 11.5 Å². The SMILES string of the molecule is CCOc1cccc(C(=O)N2CCC3(CCc4c3nc(C)[nH]c4=O)CC2)c1. The molecule has 2 aliphatic rings. The van der Waals surface area contributed by atoms with Crippen molar-refractivity contribution in [3.8, 4) is 5.75 Å². The average Bonchev–Trinajstić information content (AvgIpc) is 3.01. The number of nitrogens with zero attached hydrogens (tertiary/aromatic N) is 2. The van der Waals surface area contributed by atoms with Crippen molar-refractivity contribution in [1.82, 2.24) is 14.9 Å². The highest BCUT2D eigenvalue weighted by molar-refractivity contribution is 5.94. The minimum atomic E-state index is -0.0572. The lowest BCUT2D eigenvalue weighted by molar-refractivity contribution is 0.0663. The van der Waals surface area contributed by atoms with E-state index in [4.69, 9.17) is 4.74 Å². The summed E-state index contributed by atoms with van der Waals surface area (Å²) >= 11 is 0. The number of carbonyl (C=O) groups is 1. The van der Waals surface area contributed by atoms with Crippen LogP contribution in [0.25, 0.3) is 0 Å². The Bertz CT molecular complexity index is 927. The summed E-state index contributed by atoms with van der Waals surface area (Å²) in [4.78, 5) is 34.5. The van der Waals surface area contributed by atoms with E-state index >= 15 is 0 Å². The summed E-state index contributed by atoms with van der Waals surface area (Å²) in [6.07, 6.45) is 3.44. The van der Waals surface area contributed by atoms with E-state index in [0.29, 0.717) is 31.1 Å². The average molecular weight is 367 g/mol. The first kappa shape index (κ1) is 17.8. The molecule has 0 saturated carbocycles. The number of nitrogens with one attached hydrogen (secondary N) is 1. The first-order valence-electron chi connectivity index (χ1n) is 9.65. The van der Waals surface area contributed by atoms with Crippen LogP contribution in [0, 0.1) is 6.92 Å². The molecule has 1 fully saturated rings.